The minimum atomic E-state index is -0.212. The summed E-state index contributed by atoms with van der Waals surface area (Å²) < 4.78 is 10.8. The quantitative estimate of drug-likeness (QED) is 0.691. The van der Waals surface area contributed by atoms with Crippen LogP contribution in [0.2, 0.25) is 0 Å². The summed E-state index contributed by atoms with van der Waals surface area (Å²) in [5, 5.41) is 8.93. The number of carbonyl (C=O) groups is 1. The summed E-state index contributed by atoms with van der Waals surface area (Å²) in [6.07, 6.45) is 0. The molecular formula is C21H20N4O3S. The molecule has 1 fully saturated rings. The maximum absolute atomic E-state index is 12.8. The van der Waals surface area contributed by atoms with Crippen LogP contribution in [0.25, 0.3) is 10.6 Å². The number of benzene rings is 2. The van der Waals surface area contributed by atoms with Crippen molar-refractivity contribution in [1.82, 2.24) is 10.3 Å². The zero-order valence-corrected chi connectivity index (χ0v) is 16.5. The second kappa shape index (κ2) is 7.73. The number of rotatable bonds is 4. The first-order valence-electron chi connectivity index (χ1n) is 9.49. The standard InChI is InChI=1S/C21H20N4O3S/c26-20(23-15-3-1-2-4-17(15)25-9-7-22-8-10-25)16-12-29-21(24-16)14-5-6-18-19(11-14)28-13-27-18/h1-6,11-12,22H,7-10,13H2,(H,23,26). The van der Waals surface area contributed by atoms with Gasteiger partial charge in [0.25, 0.3) is 5.91 Å². The summed E-state index contributed by atoms with van der Waals surface area (Å²) in [5.74, 6) is 1.22. The Morgan fingerprint density at radius 3 is 2.83 bits per heavy atom. The summed E-state index contributed by atoms with van der Waals surface area (Å²) in [4.78, 5) is 19.7. The van der Waals surface area contributed by atoms with E-state index in [1.165, 1.54) is 11.3 Å². The SMILES string of the molecule is O=C(Nc1ccccc1N1CCNCC1)c1csc(-c2ccc3c(c2)OCO3)n1. The number of hydrogen-bond donors (Lipinski definition) is 2. The van der Waals surface area contributed by atoms with Gasteiger partial charge in [-0.15, -0.1) is 11.3 Å². The van der Waals surface area contributed by atoms with Crippen molar-refractivity contribution in [2.24, 2.45) is 0 Å². The zero-order chi connectivity index (χ0) is 19.6. The summed E-state index contributed by atoms with van der Waals surface area (Å²) >= 11 is 1.43. The molecule has 0 bridgehead atoms. The second-order valence-corrected chi connectivity index (χ2v) is 7.67. The Hall–Kier alpha value is -3.10. The van der Waals surface area contributed by atoms with Gasteiger partial charge >= 0.3 is 0 Å². The Kier molecular flexibility index (Phi) is 4.79. The van der Waals surface area contributed by atoms with Gasteiger partial charge < -0.3 is 25.0 Å². The average Bonchev–Trinajstić information content (AvgIpc) is 3.44. The highest BCUT2D eigenvalue weighted by molar-refractivity contribution is 7.13. The third kappa shape index (κ3) is 3.64. The Labute approximate surface area is 172 Å². The van der Waals surface area contributed by atoms with E-state index in [2.05, 4.69) is 20.5 Å². The lowest BCUT2D eigenvalue weighted by Gasteiger charge is -2.31. The number of nitrogens with one attached hydrogen (secondary N) is 2. The molecule has 0 unspecified atom stereocenters. The molecule has 2 N–H and O–H groups in total. The maximum Gasteiger partial charge on any atom is 0.275 e. The number of fused-ring (bicyclic) bond motifs is 1. The van der Waals surface area contributed by atoms with Crippen molar-refractivity contribution in [1.29, 1.82) is 0 Å². The van der Waals surface area contributed by atoms with Crippen molar-refractivity contribution < 1.29 is 14.3 Å². The molecule has 3 heterocycles. The van der Waals surface area contributed by atoms with Crippen LogP contribution >= 0.6 is 11.3 Å². The van der Waals surface area contributed by atoms with E-state index in [1.54, 1.807) is 5.38 Å². The number of nitrogens with zero attached hydrogens (tertiary/aromatic N) is 2. The van der Waals surface area contributed by atoms with Crippen LogP contribution in [-0.2, 0) is 0 Å². The zero-order valence-electron chi connectivity index (χ0n) is 15.7. The summed E-state index contributed by atoms with van der Waals surface area (Å²) in [5.41, 5.74) is 3.14. The fourth-order valence-corrected chi connectivity index (χ4v) is 4.28. The monoisotopic (exact) mass is 408 g/mol. The van der Waals surface area contributed by atoms with Crippen LogP contribution in [0.4, 0.5) is 11.4 Å². The number of aromatic nitrogens is 1. The number of amides is 1. The van der Waals surface area contributed by atoms with Crippen molar-refractivity contribution in [3.63, 3.8) is 0 Å². The molecular weight excluding hydrogens is 388 g/mol. The van der Waals surface area contributed by atoms with Crippen LogP contribution in [0.15, 0.2) is 47.8 Å². The van der Waals surface area contributed by atoms with Gasteiger partial charge in [0.2, 0.25) is 6.79 Å². The lowest BCUT2D eigenvalue weighted by molar-refractivity contribution is 0.102. The van der Waals surface area contributed by atoms with Crippen LogP contribution in [0.5, 0.6) is 11.5 Å². The molecule has 0 radical (unpaired) electrons. The lowest BCUT2D eigenvalue weighted by atomic mass is 10.2. The number of para-hydroxylation sites is 2. The number of ether oxygens (including phenoxy) is 2. The second-order valence-electron chi connectivity index (χ2n) is 6.81. The van der Waals surface area contributed by atoms with Crippen LogP contribution in [-0.4, -0.2) is 43.9 Å². The van der Waals surface area contributed by atoms with Gasteiger partial charge in [-0.05, 0) is 30.3 Å². The molecule has 7 nitrogen and oxygen atoms in total. The van der Waals surface area contributed by atoms with Crippen molar-refractivity contribution in [3.8, 4) is 22.1 Å². The first kappa shape index (κ1) is 18.0. The molecule has 0 saturated carbocycles. The maximum atomic E-state index is 12.8. The molecule has 29 heavy (non-hydrogen) atoms. The highest BCUT2D eigenvalue weighted by atomic mass is 32.1. The number of hydrogen-bond acceptors (Lipinski definition) is 7. The van der Waals surface area contributed by atoms with Gasteiger partial charge in [0.1, 0.15) is 10.7 Å². The largest absolute Gasteiger partial charge is 0.454 e. The predicted octanol–water partition coefficient (Wildman–Crippen LogP) is 3.20. The molecule has 2 aromatic carbocycles. The van der Waals surface area contributed by atoms with E-state index < -0.39 is 0 Å². The van der Waals surface area contributed by atoms with E-state index in [9.17, 15) is 4.79 Å². The van der Waals surface area contributed by atoms with E-state index in [0.717, 1.165) is 53.9 Å². The van der Waals surface area contributed by atoms with Gasteiger partial charge in [0.05, 0.1) is 11.4 Å². The van der Waals surface area contributed by atoms with E-state index in [1.807, 2.05) is 42.5 Å². The fraction of sp³-hybridized carbons (Fsp3) is 0.238. The molecule has 0 atom stereocenters. The Balaban J connectivity index is 1.35. The molecule has 1 saturated heterocycles. The molecule has 1 amide bonds. The average molecular weight is 408 g/mol. The van der Waals surface area contributed by atoms with Crippen molar-refractivity contribution in [2.75, 3.05) is 43.2 Å². The smallest absolute Gasteiger partial charge is 0.275 e. The molecule has 1 aromatic heterocycles. The molecule has 8 heteroatoms. The third-order valence-electron chi connectivity index (χ3n) is 4.97. The van der Waals surface area contributed by atoms with Gasteiger partial charge in [-0.1, -0.05) is 12.1 Å². The fourth-order valence-electron chi connectivity index (χ4n) is 3.49. The minimum absolute atomic E-state index is 0.212. The Bertz CT molecular complexity index is 1050. The number of piperazine rings is 1. The van der Waals surface area contributed by atoms with Gasteiger partial charge in [-0.3, -0.25) is 4.79 Å². The van der Waals surface area contributed by atoms with Gasteiger partial charge in [-0.25, -0.2) is 4.98 Å². The van der Waals surface area contributed by atoms with Crippen LogP contribution in [0, 0.1) is 0 Å². The number of anilines is 2. The van der Waals surface area contributed by atoms with Crippen LogP contribution in [0.1, 0.15) is 10.5 Å². The highest BCUT2D eigenvalue weighted by Crippen LogP contribution is 2.36. The van der Waals surface area contributed by atoms with Gasteiger partial charge in [-0.2, -0.15) is 0 Å². The minimum Gasteiger partial charge on any atom is -0.454 e. The molecule has 5 rings (SSSR count). The van der Waals surface area contributed by atoms with E-state index in [0.29, 0.717) is 11.4 Å². The van der Waals surface area contributed by atoms with E-state index in [4.69, 9.17) is 9.47 Å². The Morgan fingerprint density at radius 2 is 1.93 bits per heavy atom. The van der Waals surface area contributed by atoms with Crippen LogP contribution < -0.4 is 25.0 Å². The summed E-state index contributed by atoms with van der Waals surface area (Å²) in [6, 6.07) is 13.6. The normalized spacial score (nSPS) is 15.4. The molecule has 2 aliphatic heterocycles. The van der Waals surface area contributed by atoms with E-state index >= 15 is 0 Å². The van der Waals surface area contributed by atoms with Gasteiger partial charge in [0.15, 0.2) is 11.5 Å². The van der Waals surface area contributed by atoms with Crippen molar-refractivity contribution in [2.45, 2.75) is 0 Å². The molecule has 148 valence electrons. The summed E-state index contributed by atoms with van der Waals surface area (Å²) in [7, 11) is 0. The molecule has 0 aliphatic carbocycles. The highest BCUT2D eigenvalue weighted by Gasteiger charge is 2.19. The van der Waals surface area contributed by atoms with Crippen molar-refractivity contribution >= 4 is 28.6 Å². The third-order valence-corrected chi connectivity index (χ3v) is 5.86. The molecule has 3 aromatic rings. The first-order chi connectivity index (χ1) is 14.3. The summed E-state index contributed by atoms with van der Waals surface area (Å²) in [6.45, 7) is 3.94. The number of carbonyl (C=O) groups excluding carboxylic acids is 1. The van der Waals surface area contributed by atoms with Gasteiger partial charge in [0, 0.05) is 37.1 Å². The lowest BCUT2D eigenvalue weighted by Crippen LogP contribution is -2.43. The molecule has 0 spiro atoms. The van der Waals surface area contributed by atoms with E-state index in [-0.39, 0.29) is 12.7 Å². The molecule has 2 aliphatic rings. The van der Waals surface area contributed by atoms with Crippen LogP contribution in [0.3, 0.4) is 0 Å². The van der Waals surface area contributed by atoms with Crippen molar-refractivity contribution in [3.05, 3.63) is 53.5 Å². The first-order valence-corrected chi connectivity index (χ1v) is 10.4. The number of thiazole rings is 1. The predicted molar refractivity (Wildman–Crippen MR) is 113 cm³/mol. The topological polar surface area (TPSA) is 75.7 Å². The Morgan fingerprint density at radius 1 is 1.10 bits per heavy atom.